The molecule has 1 nitrogen and oxygen atoms in total. The average molecular weight is 305 g/mol. The fourth-order valence-corrected chi connectivity index (χ4v) is 3.29. The topological polar surface area (TPSA) is 0 Å². The second-order valence-corrected chi connectivity index (χ2v) is 7.15. The number of nitrogens with zero attached hydrogens (tertiary/aromatic N) is 1. The molecule has 0 radical (unpaired) electrons. The molecule has 0 bridgehead atoms. The number of quaternary nitrogens is 1. The molecule has 1 aromatic carbocycles. The first-order valence-corrected chi connectivity index (χ1v) is 9.57. The Morgan fingerprint density at radius 1 is 0.682 bits per heavy atom. The van der Waals surface area contributed by atoms with E-state index in [4.69, 9.17) is 0 Å². The van der Waals surface area contributed by atoms with Gasteiger partial charge in [-0.05, 0) is 50.5 Å². The summed E-state index contributed by atoms with van der Waals surface area (Å²) >= 11 is 0. The molecule has 126 valence electrons. The Morgan fingerprint density at radius 2 is 1.18 bits per heavy atom. The second kappa shape index (κ2) is 11.7. The lowest BCUT2D eigenvalue weighted by Crippen LogP contribution is -2.46. The highest BCUT2D eigenvalue weighted by atomic mass is 15.3. The fourth-order valence-electron chi connectivity index (χ4n) is 3.29. The Balaban J connectivity index is 2.31. The molecule has 0 saturated carbocycles. The van der Waals surface area contributed by atoms with Crippen LogP contribution in [-0.2, 0) is 6.42 Å². The van der Waals surface area contributed by atoms with E-state index < -0.39 is 0 Å². The number of hydrogen-bond acceptors (Lipinski definition) is 0. The van der Waals surface area contributed by atoms with Gasteiger partial charge in [0.1, 0.15) is 0 Å². The summed E-state index contributed by atoms with van der Waals surface area (Å²) < 4.78 is 1.30. The molecule has 0 aromatic heterocycles. The van der Waals surface area contributed by atoms with Crippen molar-refractivity contribution in [1.82, 2.24) is 0 Å². The molecule has 0 aliphatic heterocycles. The first-order chi connectivity index (χ1) is 10.7. The van der Waals surface area contributed by atoms with Gasteiger partial charge in [-0.2, -0.15) is 0 Å². The van der Waals surface area contributed by atoms with Gasteiger partial charge < -0.3 is 4.48 Å². The molecule has 0 saturated heterocycles. The molecule has 0 unspecified atom stereocenters. The molecule has 1 heteroatoms. The Kier molecular flexibility index (Phi) is 10.2. The number of unbranched alkanes of at least 4 members (excludes halogenated alkanes) is 5. The fraction of sp³-hybridized carbons (Fsp3) is 0.714. The Morgan fingerprint density at radius 3 is 1.68 bits per heavy atom. The van der Waals surface area contributed by atoms with E-state index in [-0.39, 0.29) is 0 Å². The van der Waals surface area contributed by atoms with Crippen molar-refractivity contribution in [3.63, 3.8) is 0 Å². The molecule has 0 heterocycles. The van der Waals surface area contributed by atoms with Crippen LogP contribution in [0.2, 0.25) is 0 Å². The largest absolute Gasteiger partial charge is 0.326 e. The highest BCUT2D eigenvalue weighted by molar-refractivity contribution is 5.14. The lowest BCUT2D eigenvalue weighted by Gasteiger charge is -2.35. The third-order valence-electron chi connectivity index (χ3n) is 4.86. The zero-order valence-electron chi connectivity index (χ0n) is 15.3. The van der Waals surface area contributed by atoms with Crippen molar-refractivity contribution >= 4 is 0 Å². The Labute approximate surface area is 139 Å². The van der Waals surface area contributed by atoms with Crippen molar-refractivity contribution in [3.05, 3.63) is 35.9 Å². The van der Waals surface area contributed by atoms with Gasteiger partial charge in [-0.3, -0.25) is 0 Å². The van der Waals surface area contributed by atoms with Crippen LogP contribution < -0.4 is 0 Å². The van der Waals surface area contributed by atoms with Gasteiger partial charge in [0.25, 0.3) is 0 Å². The van der Waals surface area contributed by atoms with Crippen LogP contribution in [0.25, 0.3) is 0 Å². The highest BCUT2D eigenvalue weighted by Gasteiger charge is 2.19. The number of benzene rings is 1. The van der Waals surface area contributed by atoms with E-state index >= 15 is 0 Å². The quantitative estimate of drug-likeness (QED) is 0.317. The van der Waals surface area contributed by atoms with Gasteiger partial charge in [-0.1, -0.05) is 57.0 Å². The van der Waals surface area contributed by atoms with Crippen molar-refractivity contribution in [1.29, 1.82) is 0 Å². The molecule has 0 aliphatic rings. The van der Waals surface area contributed by atoms with E-state index in [2.05, 4.69) is 51.2 Å². The zero-order chi connectivity index (χ0) is 16.1. The number of rotatable bonds is 13. The van der Waals surface area contributed by atoms with Gasteiger partial charge in [0.2, 0.25) is 0 Å². The summed E-state index contributed by atoms with van der Waals surface area (Å²) in [4.78, 5) is 0. The number of hydrogen-bond donors (Lipinski definition) is 0. The molecule has 0 atom stereocenters. The van der Waals surface area contributed by atoms with Gasteiger partial charge in [0, 0.05) is 0 Å². The van der Waals surface area contributed by atoms with Gasteiger partial charge in [0.05, 0.1) is 26.7 Å². The van der Waals surface area contributed by atoms with Gasteiger partial charge >= 0.3 is 0 Å². The van der Waals surface area contributed by atoms with Crippen LogP contribution in [0.1, 0.15) is 70.8 Å². The van der Waals surface area contributed by atoms with Crippen LogP contribution in [0.5, 0.6) is 0 Å². The minimum absolute atomic E-state index is 1.24. The maximum Gasteiger partial charge on any atom is 0.0784 e. The minimum Gasteiger partial charge on any atom is -0.326 e. The highest BCUT2D eigenvalue weighted by Crippen LogP contribution is 2.14. The average Bonchev–Trinajstić information content (AvgIpc) is 2.53. The number of aryl methyl sites for hydroxylation is 1. The zero-order valence-corrected chi connectivity index (χ0v) is 15.3. The van der Waals surface area contributed by atoms with Crippen molar-refractivity contribution < 1.29 is 4.48 Å². The van der Waals surface area contributed by atoms with Gasteiger partial charge in [-0.15, -0.1) is 0 Å². The third kappa shape index (κ3) is 8.58. The van der Waals surface area contributed by atoms with E-state index in [1.165, 1.54) is 87.5 Å². The molecule has 0 N–H and O–H groups in total. The van der Waals surface area contributed by atoms with Gasteiger partial charge in [-0.25, -0.2) is 0 Å². The maximum absolute atomic E-state index is 2.49. The summed E-state index contributed by atoms with van der Waals surface area (Å²) in [5.41, 5.74) is 1.49. The summed E-state index contributed by atoms with van der Waals surface area (Å²) in [7, 11) is 2.49. The van der Waals surface area contributed by atoms with E-state index in [9.17, 15) is 0 Å². The molecule has 0 spiro atoms. The standard InChI is InChI=1S/C21H38N/c1-4-6-12-18-22(3,19-13-7-5-2)20-14-11-17-21-15-9-8-10-16-21/h8-10,15-16H,4-7,11-14,17-20H2,1-3H3/q+1. The predicted octanol–water partition coefficient (Wildman–Crippen LogP) is 5.84. The van der Waals surface area contributed by atoms with Crippen LogP contribution >= 0.6 is 0 Å². The first-order valence-electron chi connectivity index (χ1n) is 9.57. The van der Waals surface area contributed by atoms with E-state index in [0.717, 1.165) is 0 Å². The van der Waals surface area contributed by atoms with Crippen LogP contribution in [0.15, 0.2) is 30.3 Å². The first kappa shape index (κ1) is 19.2. The molecule has 22 heavy (non-hydrogen) atoms. The Hall–Kier alpha value is -0.820. The smallest absolute Gasteiger partial charge is 0.0784 e. The maximum atomic E-state index is 2.49. The molecule has 1 rings (SSSR count). The SMILES string of the molecule is CCCCC[N+](C)(CCCCC)CCCCc1ccccc1. The third-order valence-corrected chi connectivity index (χ3v) is 4.86. The predicted molar refractivity (Wildman–Crippen MR) is 99.2 cm³/mol. The van der Waals surface area contributed by atoms with E-state index in [1.54, 1.807) is 0 Å². The molecule has 0 aliphatic carbocycles. The monoisotopic (exact) mass is 304 g/mol. The molecular weight excluding hydrogens is 266 g/mol. The van der Waals surface area contributed by atoms with E-state index in [0.29, 0.717) is 0 Å². The van der Waals surface area contributed by atoms with Crippen molar-refractivity contribution in [2.45, 2.75) is 71.6 Å². The molecule has 0 amide bonds. The molecule has 1 aromatic rings. The summed E-state index contributed by atoms with van der Waals surface area (Å²) in [6, 6.07) is 10.9. The summed E-state index contributed by atoms with van der Waals surface area (Å²) in [5, 5.41) is 0. The minimum atomic E-state index is 1.24. The Bertz CT molecular complexity index is 347. The molecular formula is C21H38N+. The molecule has 0 fully saturated rings. The van der Waals surface area contributed by atoms with Crippen LogP contribution in [0.3, 0.4) is 0 Å². The summed E-state index contributed by atoms with van der Waals surface area (Å²) in [5.74, 6) is 0. The van der Waals surface area contributed by atoms with Crippen LogP contribution in [0, 0.1) is 0 Å². The van der Waals surface area contributed by atoms with Crippen LogP contribution in [-0.4, -0.2) is 31.2 Å². The normalized spacial score (nSPS) is 11.8. The lowest BCUT2D eigenvalue weighted by molar-refractivity contribution is -0.910. The van der Waals surface area contributed by atoms with E-state index in [1.807, 2.05) is 0 Å². The lowest BCUT2D eigenvalue weighted by atomic mass is 10.1. The van der Waals surface area contributed by atoms with Crippen molar-refractivity contribution in [2.24, 2.45) is 0 Å². The summed E-state index contributed by atoms with van der Waals surface area (Å²) in [6.07, 6.45) is 12.2. The van der Waals surface area contributed by atoms with Crippen LogP contribution in [0.4, 0.5) is 0 Å². The van der Waals surface area contributed by atoms with Crippen molar-refractivity contribution in [2.75, 3.05) is 26.7 Å². The second-order valence-electron chi connectivity index (χ2n) is 7.15. The summed E-state index contributed by atoms with van der Waals surface area (Å²) in [6.45, 7) is 8.73. The van der Waals surface area contributed by atoms with Gasteiger partial charge in [0.15, 0.2) is 0 Å². The van der Waals surface area contributed by atoms with Crippen molar-refractivity contribution in [3.8, 4) is 0 Å².